The second-order valence-corrected chi connectivity index (χ2v) is 19.6. The van der Waals surface area contributed by atoms with E-state index in [9.17, 15) is 0 Å². The van der Waals surface area contributed by atoms with Crippen LogP contribution in [0.15, 0.2) is 288 Å². The average molecular weight is 971 g/mol. The van der Waals surface area contributed by atoms with E-state index in [-0.39, 0.29) is 0 Å². The number of fused-ring (bicyclic) bond motifs is 9. The zero-order valence-corrected chi connectivity index (χ0v) is 41.3. The molecule has 3 heterocycles. The van der Waals surface area contributed by atoms with Gasteiger partial charge in [0.2, 0.25) is 0 Å². The Morgan fingerprint density at radius 1 is 0.250 bits per heavy atom. The van der Waals surface area contributed by atoms with Crippen LogP contribution in [0.25, 0.3) is 127 Å². The highest BCUT2D eigenvalue weighted by Crippen LogP contribution is 2.45. The van der Waals surface area contributed by atoms with Crippen LogP contribution in [0.2, 0.25) is 0 Å². The maximum absolute atomic E-state index is 6.63. The van der Waals surface area contributed by atoms with Crippen LogP contribution in [-0.4, -0.2) is 4.57 Å². The summed E-state index contributed by atoms with van der Waals surface area (Å²) in [5.41, 5.74) is 21.3. The molecule has 0 radical (unpaired) electrons. The zero-order valence-electron chi connectivity index (χ0n) is 41.3. The first kappa shape index (κ1) is 43.4. The van der Waals surface area contributed by atoms with Crippen LogP contribution in [-0.2, 0) is 0 Å². The maximum Gasteiger partial charge on any atom is 0.143 e. The van der Waals surface area contributed by atoms with Crippen molar-refractivity contribution in [1.82, 2.24) is 4.57 Å². The molecule has 3 aromatic heterocycles. The Hall–Kier alpha value is -10.2. The second kappa shape index (κ2) is 17.8. The lowest BCUT2D eigenvalue weighted by molar-refractivity contribution is 0.669. The Bertz CT molecular complexity index is 4420. The molecule has 4 nitrogen and oxygen atoms in total. The van der Waals surface area contributed by atoms with Gasteiger partial charge in [0.25, 0.3) is 0 Å². The highest BCUT2D eigenvalue weighted by Gasteiger charge is 2.22. The minimum absolute atomic E-state index is 0.887. The minimum Gasteiger partial charge on any atom is -0.455 e. The van der Waals surface area contributed by atoms with Crippen molar-refractivity contribution in [3.05, 3.63) is 279 Å². The van der Waals surface area contributed by atoms with Crippen molar-refractivity contribution in [3.8, 4) is 61.3 Å². The fourth-order valence-corrected chi connectivity index (χ4v) is 11.6. The fraction of sp³-hybridized carbons (Fsp3) is 0. The van der Waals surface area contributed by atoms with E-state index in [1.807, 2.05) is 12.1 Å². The van der Waals surface area contributed by atoms with Gasteiger partial charge in [-0.2, -0.15) is 0 Å². The molecule has 0 aliphatic heterocycles. The van der Waals surface area contributed by atoms with Crippen LogP contribution in [0.3, 0.4) is 0 Å². The zero-order chi connectivity index (χ0) is 50.1. The number of para-hydroxylation sites is 5. The SMILES string of the molecule is c1ccc(-c2ccc(N(c3ccc(-c4ccccc4)cc3)c3cccc(-c4ccccc4-n4c5ccc(-c6cccc7c6oc6ccccc67)cc5c5cc(-c6cccc7c6oc6ccccc67)ccc54)c3)cc2)cc1. The minimum atomic E-state index is 0.887. The smallest absolute Gasteiger partial charge is 0.143 e. The van der Waals surface area contributed by atoms with Crippen LogP contribution in [0, 0.1) is 0 Å². The normalized spacial score (nSPS) is 11.7. The van der Waals surface area contributed by atoms with Crippen molar-refractivity contribution in [2.75, 3.05) is 4.90 Å². The molecule has 0 aliphatic rings. The molecule has 0 unspecified atom stereocenters. The summed E-state index contributed by atoms with van der Waals surface area (Å²) in [7, 11) is 0. The summed E-state index contributed by atoms with van der Waals surface area (Å²) in [5.74, 6) is 0. The third kappa shape index (κ3) is 7.22. The molecule has 76 heavy (non-hydrogen) atoms. The van der Waals surface area contributed by atoms with E-state index in [0.29, 0.717) is 0 Å². The van der Waals surface area contributed by atoms with Gasteiger partial charge < -0.3 is 18.3 Å². The van der Waals surface area contributed by atoms with Crippen LogP contribution in [0.5, 0.6) is 0 Å². The molecule has 0 fully saturated rings. The maximum atomic E-state index is 6.63. The molecule has 0 saturated heterocycles. The standard InChI is InChI=1S/C72H46N2O2/c1-3-16-47(17-4-1)49-32-38-54(39-33-49)73(55-40-34-50(35-41-55)48-18-5-2-6-19-48)56-21-13-20-51(44-56)57-22-7-10-29-66(57)74-67-42-36-52(58-25-14-27-62-60-23-8-11-30-69(60)75-71(58)62)45-64(67)65-46-53(37-43-68(65)74)59-26-15-28-63-61-24-9-12-31-70(61)76-72(59)63/h1-46H. The molecule has 12 aromatic carbocycles. The molecular weight excluding hydrogens is 925 g/mol. The largest absolute Gasteiger partial charge is 0.455 e. The quantitative estimate of drug-likeness (QED) is 0.145. The number of nitrogens with zero attached hydrogens (tertiary/aromatic N) is 2. The van der Waals surface area contributed by atoms with E-state index in [2.05, 4.69) is 276 Å². The predicted molar refractivity (Wildman–Crippen MR) is 317 cm³/mol. The molecule has 4 heteroatoms. The van der Waals surface area contributed by atoms with Crippen molar-refractivity contribution in [2.45, 2.75) is 0 Å². The van der Waals surface area contributed by atoms with Gasteiger partial charge in [-0.25, -0.2) is 0 Å². The number of benzene rings is 12. The summed E-state index contributed by atoms with van der Waals surface area (Å²) in [6, 6.07) is 100. The van der Waals surface area contributed by atoms with E-state index in [4.69, 9.17) is 8.83 Å². The number of rotatable bonds is 9. The molecule has 15 rings (SSSR count). The van der Waals surface area contributed by atoms with Gasteiger partial charge in [0, 0.05) is 66.1 Å². The first-order valence-corrected chi connectivity index (χ1v) is 25.9. The van der Waals surface area contributed by atoms with E-state index in [1.165, 1.54) is 22.3 Å². The van der Waals surface area contributed by atoms with E-state index in [1.54, 1.807) is 0 Å². The van der Waals surface area contributed by atoms with Crippen molar-refractivity contribution < 1.29 is 8.83 Å². The molecule has 0 N–H and O–H groups in total. The molecule has 0 bridgehead atoms. The predicted octanol–water partition coefficient (Wildman–Crippen LogP) is 20.4. The van der Waals surface area contributed by atoms with E-state index in [0.717, 1.165) is 122 Å². The van der Waals surface area contributed by atoms with Gasteiger partial charge in [-0.1, -0.05) is 200 Å². The first-order chi connectivity index (χ1) is 37.7. The van der Waals surface area contributed by atoms with Crippen LogP contribution in [0.4, 0.5) is 17.1 Å². The van der Waals surface area contributed by atoms with Crippen LogP contribution in [0.1, 0.15) is 0 Å². The summed E-state index contributed by atoms with van der Waals surface area (Å²) in [4.78, 5) is 2.37. The van der Waals surface area contributed by atoms with Gasteiger partial charge in [0.05, 0.1) is 16.7 Å². The number of aromatic nitrogens is 1. The molecule has 0 spiro atoms. The molecule has 0 saturated carbocycles. The van der Waals surface area contributed by atoms with Gasteiger partial charge >= 0.3 is 0 Å². The summed E-state index contributed by atoms with van der Waals surface area (Å²) in [5, 5.41) is 6.75. The number of hydrogen-bond donors (Lipinski definition) is 0. The van der Waals surface area contributed by atoms with Crippen LogP contribution >= 0.6 is 0 Å². The number of hydrogen-bond acceptors (Lipinski definition) is 3. The molecule has 356 valence electrons. The molecular formula is C72H46N2O2. The number of furan rings is 2. The molecule has 15 aromatic rings. The third-order valence-electron chi connectivity index (χ3n) is 15.2. The summed E-state index contributed by atoms with van der Waals surface area (Å²) in [6.07, 6.45) is 0. The van der Waals surface area contributed by atoms with Crippen molar-refractivity contribution >= 4 is 82.7 Å². The van der Waals surface area contributed by atoms with Gasteiger partial charge in [-0.3, -0.25) is 0 Å². The van der Waals surface area contributed by atoms with Gasteiger partial charge in [0.1, 0.15) is 22.3 Å². The Kier molecular flexibility index (Phi) is 10.2. The fourth-order valence-electron chi connectivity index (χ4n) is 11.6. The molecule has 0 aliphatic carbocycles. The van der Waals surface area contributed by atoms with Gasteiger partial charge in [-0.05, 0) is 118 Å². The topological polar surface area (TPSA) is 34.5 Å². The highest BCUT2D eigenvalue weighted by molar-refractivity contribution is 6.16. The average Bonchev–Trinajstić information content (AvgIpc) is 4.24. The number of anilines is 3. The van der Waals surface area contributed by atoms with Crippen molar-refractivity contribution in [2.24, 2.45) is 0 Å². The van der Waals surface area contributed by atoms with Gasteiger partial charge in [-0.15, -0.1) is 0 Å². The molecule has 0 amide bonds. The Balaban J connectivity index is 0.904. The lowest BCUT2D eigenvalue weighted by atomic mass is 9.98. The lowest BCUT2D eigenvalue weighted by Gasteiger charge is -2.27. The summed E-state index contributed by atoms with van der Waals surface area (Å²) in [6.45, 7) is 0. The third-order valence-corrected chi connectivity index (χ3v) is 15.2. The Morgan fingerprint density at radius 2 is 0.645 bits per heavy atom. The van der Waals surface area contributed by atoms with Crippen molar-refractivity contribution in [3.63, 3.8) is 0 Å². The van der Waals surface area contributed by atoms with E-state index < -0.39 is 0 Å². The first-order valence-electron chi connectivity index (χ1n) is 25.9. The Morgan fingerprint density at radius 3 is 1.18 bits per heavy atom. The summed E-state index contributed by atoms with van der Waals surface area (Å²) >= 11 is 0. The lowest BCUT2D eigenvalue weighted by Crippen LogP contribution is -2.10. The molecule has 0 atom stereocenters. The van der Waals surface area contributed by atoms with Crippen LogP contribution < -0.4 is 4.90 Å². The van der Waals surface area contributed by atoms with Crippen molar-refractivity contribution in [1.29, 1.82) is 0 Å². The monoisotopic (exact) mass is 970 g/mol. The summed E-state index contributed by atoms with van der Waals surface area (Å²) < 4.78 is 15.7. The second-order valence-electron chi connectivity index (χ2n) is 19.6. The Labute approximate surface area is 439 Å². The van der Waals surface area contributed by atoms with E-state index >= 15 is 0 Å². The van der Waals surface area contributed by atoms with Gasteiger partial charge in [0.15, 0.2) is 0 Å². The highest BCUT2D eigenvalue weighted by atomic mass is 16.3.